The molecule has 8 heteroatoms. The van der Waals surface area contributed by atoms with Crippen molar-refractivity contribution in [1.82, 2.24) is 8.75 Å². The van der Waals surface area contributed by atoms with Gasteiger partial charge in [-0.25, -0.2) is 0 Å². The zero-order valence-electron chi connectivity index (χ0n) is 7.63. The molecule has 0 fully saturated rings. The molecule has 0 aliphatic heterocycles. The van der Waals surface area contributed by atoms with Crippen LogP contribution in [0.25, 0.3) is 11.0 Å². The molecule has 0 radical (unpaired) electrons. The van der Waals surface area contributed by atoms with Gasteiger partial charge in [0.1, 0.15) is 11.0 Å². The van der Waals surface area contributed by atoms with Crippen LogP contribution in [0.15, 0.2) is 6.07 Å². The van der Waals surface area contributed by atoms with E-state index in [-0.39, 0.29) is 11.2 Å². The number of benzene rings is 1. The Morgan fingerprint density at radius 1 is 1.38 bits per heavy atom. The van der Waals surface area contributed by atoms with Crippen molar-refractivity contribution >= 4 is 73.5 Å². The third kappa shape index (κ3) is 2.15. The van der Waals surface area contributed by atoms with Gasteiger partial charge in [-0.2, -0.15) is 8.75 Å². The van der Waals surface area contributed by atoms with E-state index in [1.54, 1.807) is 0 Å². The maximum absolute atomic E-state index is 11.3. The van der Waals surface area contributed by atoms with Crippen molar-refractivity contribution < 1.29 is 4.79 Å². The van der Waals surface area contributed by atoms with Crippen LogP contribution in [0.1, 0.15) is 0 Å². The molecular weight excluding hydrogens is 337 g/mol. The molecule has 2 rings (SSSR count). The maximum Gasteiger partial charge on any atom is 0.235 e. The fraction of sp³-hybridized carbons (Fsp3) is 0.125. The number of nitrogens with zero attached hydrogens (tertiary/aromatic N) is 2. The van der Waals surface area contributed by atoms with Gasteiger partial charge in [0.25, 0.3) is 0 Å². The molecule has 1 N–H and O–H groups in total. The zero-order chi connectivity index (χ0) is 11.7. The van der Waals surface area contributed by atoms with Crippen LogP contribution >= 0.6 is 50.9 Å². The van der Waals surface area contributed by atoms with E-state index in [9.17, 15) is 4.79 Å². The first kappa shape index (κ1) is 12.0. The van der Waals surface area contributed by atoms with Crippen molar-refractivity contribution in [3.8, 4) is 0 Å². The SMILES string of the molecule is O=C(CBr)Nc1c(Cl)cc(Cl)c2nsnc12. The number of anilines is 1. The lowest BCUT2D eigenvalue weighted by molar-refractivity contribution is -0.113. The summed E-state index contributed by atoms with van der Waals surface area (Å²) < 4.78 is 8.09. The average Bonchev–Trinajstić information content (AvgIpc) is 2.73. The minimum atomic E-state index is -0.210. The number of fused-ring (bicyclic) bond motifs is 1. The Labute approximate surface area is 113 Å². The van der Waals surface area contributed by atoms with Crippen LogP contribution in [0.3, 0.4) is 0 Å². The summed E-state index contributed by atoms with van der Waals surface area (Å²) in [6.07, 6.45) is 0. The van der Waals surface area contributed by atoms with Crippen molar-refractivity contribution in [3.05, 3.63) is 16.1 Å². The topological polar surface area (TPSA) is 54.9 Å². The minimum absolute atomic E-state index is 0.186. The van der Waals surface area contributed by atoms with E-state index in [1.807, 2.05) is 0 Å². The summed E-state index contributed by atoms with van der Waals surface area (Å²) in [4.78, 5) is 11.3. The molecule has 2 aromatic rings. The second-order valence-electron chi connectivity index (χ2n) is 2.86. The summed E-state index contributed by atoms with van der Waals surface area (Å²) in [6, 6.07) is 1.54. The second kappa shape index (κ2) is 4.83. The number of hydrogen-bond acceptors (Lipinski definition) is 4. The average molecular weight is 341 g/mol. The van der Waals surface area contributed by atoms with E-state index in [4.69, 9.17) is 23.2 Å². The van der Waals surface area contributed by atoms with Crippen LogP contribution in [-0.2, 0) is 4.79 Å². The van der Waals surface area contributed by atoms with Crippen molar-refractivity contribution in [2.75, 3.05) is 10.6 Å². The molecule has 0 spiro atoms. The molecule has 1 amide bonds. The van der Waals surface area contributed by atoms with Crippen LogP contribution in [0.5, 0.6) is 0 Å². The molecule has 16 heavy (non-hydrogen) atoms. The summed E-state index contributed by atoms with van der Waals surface area (Å²) in [6.45, 7) is 0. The van der Waals surface area contributed by atoms with E-state index in [0.717, 1.165) is 11.7 Å². The molecule has 1 aromatic carbocycles. The number of aromatic nitrogens is 2. The quantitative estimate of drug-likeness (QED) is 0.853. The standard InChI is InChI=1S/C8H4BrCl2N3OS/c9-2-5(15)12-6-3(10)1-4(11)7-8(6)14-16-13-7/h1H,2H2,(H,12,15). The predicted molar refractivity (Wildman–Crippen MR) is 69.9 cm³/mol. The Morgan fingerprint density at radius 2 is 2.06 bits per heavy atom. The van der Waals surface area contributed by atoms with Crippen LogP contribution in [-0.4, -0.2) is 20.0 Å². The molecule has 1 heterocycles. The molecule has 0 saturated carbocycles. The smallest absolute Gasteiger partial charge is 0.235 e. The highest BCUT2D eigenvalue weighted by Crippen LogP contribution is 2.35. The van der Waals surface area contributed by atoms with Gasteiger partial charge in [0.15, 0.2) is 0 Å². The highest BCUT2D eigenvalue weighted by Gasteiger charge is 2.15. The second-order valence-corrected chi connectivity index (χ2v) is 4.76. The molecule has 0 atom stereocenters. The molecule has 84 valence electrons. The number of halogens is 3. The molecule has 4 nitrogen and oxygen atoms in total. The summed E-state index contributed by atoms with van der Waals surface area (Å²) in [5.74, 6) is -0.210. The molecule has 0 bridgehead atoms. The number of carbonyl (C=O) groups is 1. The Bertz CT molecular complexity index is 559. The zero-order valence-corrected chi connectivity index (χ0v) is 11.5. The van der Waals surface area contributed by atoms with Gasteiger partial charge in [-0.15, -0.1) is 0 Å². The Kier molecular flexibility index (Phi) is 3.63. The first-order chi connectivity index (χ1) is 7.63. The van der Waals surface area contributed by atoms with E-state index in [1.165, 1.54) is 6.07 Å². The lowest BCUT2D eigenvalue weighted by Gasteiger charge is -2.06. The Hall–Kier alpha value is -0.430. The van der Waals surface area contributed by atoms with Crippen molar-refractivity contribution in [3.63, 3.8) is 0 Å². The lowest BCUT2D eigenvalue weighted by atomic mass is 10.2. The Morgan fingerprint density at radius 3 is 2.75 bits per heavy atom. The predicted octanol–water partition coefficient (Wildman–Crippen LogP) is 3.33. The molecule has 0 unspecified atom stereocenters. The normalized spacial score (nSPS) is 10.7. The van der Waals surface area contributed by atoms with Gasteiger partial charge in [-0.3, -0.25) is 4.79 Å². The van der Waals surface area contributed by atoms with Crippen molar-refractivity contribution in [2.45, 2.75) is 0 Å². The number of alkyl halides is 1. The highest BCUT2D eigenvalue weighted by atomic mass is 79.9. The maximum atomic E-state index is 11.3. The van der Waals surface area contributed by atoms with Gasteiger partial charge in [0, 0.05) is 0 Å². The highest BCUT2D eigenvalue weighted by molar-refractivity contribution is 9.09. The largest absolute Gasteiger partial charge is 0.322 e. The van der Waals surface area contributed by atoms with Crippen LogP contribution in [0, 0.1) is 0 Å². The third-order valence-electron chi connectivity index (χ3n) is 1.83. The molecule has 0 saturated heterocycles. The van der Waals surface area contributed by atoms with Gasteiger partial charge >= 0.3 is 0 Å². The van der Waals surface area contributed by atoms with Crippen molar-refractivity contribution in [2.24, 2.45) is 0 Å². The van der Waals surface area contributed by atoms with E-state index >= 15 is 0 Å². The first-order valence-electron chi connectivity index (χ1n) is 4.09. The van der Waals surface area contributed by atoms with E-state index < -0.39 is 0 Å². The number of carbonyl (C=O) groups excluding carboxylic acids is 1. The fourth-order valence-electron chi connectivity index (χ4n) is 1.17. The number of hydrogen-bond donors (Lipinski definition) is 1. The van der Waals surface area contributed by atoms with Crippen LogP contribution in [0.4, 0.5) is 5.69 Å². The van der Waals surface area contributed by atoms with E-state index in [2.05, 4.69) is 30.0 Å². The monoisotopic (exact) mass is 339 g/mol. The van der Waals surface area contributed by atoms with Crippen LogP contribution < -0.4 is 5.32 Å². The van der Waals surface area contributed by atoms with Gasteiger partial charge in [0.05, 0.1) is 32.8 Å². The van der Waals surface area contributed by atoms with E-state index in [0.29, 0.717) is 26.8 Å². The van der Waals surface area contributed by atoms with Gasteiger partial charge in [-0.05, 0) is 6.07 Å². The number of nitrogens with one attached hydrogen (secondary N) is 1. The summed E-state index contributed by atoms with van der Waals surface area (Å²) in [5, 5.41) is 3.60. The summed E-state index contributed by atoms with van der Waals surface area (Å²) in [5.41, 5.74) is 1.50. The van der Waals surface area contributed by atoms with Gasteiger partial charge in [0.2, 0.25) is 5.91 Å². The molecule has 0 aliphatic carbocycles. The van der Waals surface area contributed by atoms with Gasteiger partial charge < -0.3 is 5.32 Å². The minimum Gasteiger partial charge on any atom is -0.322 e. The first-order valence-corrected chi connectivity index (χ1v) is 6.70. The molecular formula is C8H4BrCl2N3OS. The molecule has 1 aromatic heterocycles. The summed E-state index contributed by atoms with van der Waals surface area (Å²) in [7, 11) is 0. The number of rotatable bonds is 2. The number of amides is 1. The fourth-order valence-corrected chi connectivity index (χ4v) is 2.47. The van der Waals surface area contributed by atoms with Crippen molar-refractivity contribution in [1.29, 1.82) is 0 Å². The van der Waals surface area contributed by atoms with Gasteiger partial charge in [-0.1, -0.05) is 39.1 Å². The lowest BCUT2D eigenvalue weighted by Crippen LogP contribution is -2.13. The molecule has 0 aliphatic rings. The summed E-state index contributed by atoms with van der Waals surface area (Å²) >= 11 is 16.0. The third-order valence-corrected chi connectivity index (χ3v) is 3.45. The Balaban J connectivity index is 2.59. The van der Waals surface area contributed by atoms with Crippen LogP contribution in [0.2, 0.25) is 10.0 Å².